The van der Waals surface area contributed by atoms with Gasteiger partial charge in [0.2, 0.25) is 0 Å². The number of non-ortho nitro benzene ring substituents is 1. The zero-order valence-corrected chi connectivity index (χ0v) is 17.0. The summed E-state index contributed by atoms with van der Waals surface area (Å²) in [4.78, 5) is 16.3. The number of sulfonamides is 1. The number of rotatable bonds is 5. The highest BCUT2D eigenvalue weighted by molar-refractivity contribution is 7.89. The number of hydrogen-bond acceptors (Lipinski definition) is 5. The van der Waals surface area contributed by atoms with Gasteiger partial charge in [0, 0.05) is 18.6 Å². The molecule has 0 radical (unpaired) electrons. The van der Waals surface area contributed by atoms with E-state index in [4.69, 9.17) is 4.84 Å². The number of hydrogen-bond donors (Lipinski definition) is 0. The molecule has 0 aliphatic carbocycles. The fourth-order valence-corrected chi connectivity index (χ4v) is 5.11. The Bertz CT molecular complexity index is 1160. The van der Waals surface area contributed by atoms with Crippen LogP contribution in [0.5, 0.6) is 0 Å². The average molecular weight is 424 g/mol. The molecule has 0 aromatic heterocycles. The highest BCUT2D eigenvalue weighted by Crippen LogP contribution is 2.45. The summed E-state index contributed by atoms with van der Waals surface area (Å²) >= 11 is 0. The van der Waals surface area contributed by atoms with Crippen LogP contribution in [0.15, 0.2) is 83.8 Å². The molecule has 30 heavy (non-hydrogen) atoms. The second-order valence-electron chi connectivity index (χ2n) is 7.12. The molecule has 0 amide bonds. The first kappa shape index (κ1) is 20.2. The summed E-state index contributed by atoms with van der Waals surface area (Å²) in [6.45, 7) is 1.96. The minimum absolute atomic E-state index is 0.0561. The molecule has 1 saturated heterocycles. The summed E-state index contributed by atoms with van der Waals surface area (Å²) in [6.07, 6.45) is 0.0328. The number of nitro groups is 1. The number of hydroxylamine groups is 1. The van der Waals surface area contributed by atoms with Crippen molar-refractivity contribution in [2.24, 2.45) is 0 Å². The van der Waals surface area contributed by atoms with Crippen LogP contribution in [0.25, 0.3) is 0 Å². The molecule has 154 valence electrons. The van der Waals surface area contributed by atoms with Crippen molar-refractivity contribution in [3.05, 3.63) is 106 Å². The molecule has 0 bridgehead atoms. The number of aryl methyl sites for hydroxylation is 1. The molecule has 3 aromatic carbocycles. The van der Waals surface area contributed by atoms with Crippen LogP contribution in [0.1, 0.15) is 35.3 Å². The topological polar surface area (TPSA) is 89.8 Å². The van der Waals surface area contributed by atoms with Crippen LogP contribution in [0.3, 0.4) is 0 Å². The van der Waals surface area contributed by atoms with E-state index in [0.717, 1.165) is 21.2 Å². The summed E-state index contributed by atoms with van der Waals surface area (Å²) in [5.41, 5.74) is 2.59. The van der Waals surface area contributed by atoms with Crippen LogP contribution >= 0.6 is 0 Å². The van der Waals surface area contributed by atoms with Gasteiger partial charge in [0.15, 0.2) is 0 Å². The lowest BCUT2D eigenvalue weighted by Crippen LogP contribution is -2.29. The molecule has 0 saturated carbocycles. The SMILES string of the molecule is Cc1ccccc1[C@@H]1C[C@H](c2ccccc2)N(S(=O)(=O)c2ccc([N+](=O)[O-])cc2)O1. The number of benzene rings is 3. The van der Waals surface area contributed by atoms with E-state index in [0.29, 0.717) is 6.42 Å². The van der Waals surface area contributed by atoms with Crippen molar-refractivity contribution in [3.63, 3.8) is 0 Å². The van der Waals surface area contributed by atoms with Crippen LogP contribution in [0.4, 0.5) is 5.69 Å². The molecular formula is C22H20N2O5S. The molecule has 0 spiro atoms. The van der Waals surface area contributed by atoms with Crippen LogP contribution < -0.4 is 0 Å². The molecular weight excluding hydrogens is 404 g/mol. The highest BCUT2D eigenvalue weighted by Gasteiger charge is 2.43. The van der Waals surface area contributed by atoms with Crippen LogP contribution in [-0.2, 0) is 14.9 Å². The molecule has 1 heterocycles. The smallest absolute Gasteiger partial charge is 0.269 e. The molecule has 0 N–H and O–H groups in total. The van der Waals surface area contributed by atoms with Crippen molar-refractivity contribution in [2.45, 2.75) is 30.4 Å². The minimum Gasteiger partial charge on any atom is -0.275 e. The van der Waals surface area contributed by atoms with Gasteiger partial charge in [0.05, 0.1) is 15.9 Å². The van der Waals surface area contributed by atoms with Crippen LogP contribution in [0, 0.1) is 17.0 Å². The van der Waals surface area contributed by atoms with E-state index in [2.05, 4.69) is 0 Å². The third kappa shape index (κ3) is 3.72. The normalized spacial score (nSPS) is 19.6. The molecule has 2 atom stereocenters. The Hall–Kier alpha value is -3.07. The van der Waals surface area contributed by atoms with E-state index in [-0.39, 0.29) is 10.6 Å². The summed E-state index contributed by atoms with van der Waals surface area (Å²) in [6, 6.07) is 21.3. The standard InChI is InChI=1S/C22H20N2O5S/c1-16-7-5-6-10-20(16)22-15-21(17-8-3-2-4-9-17)24(29-22)30(27,28)19-13-11-18(12-14-19)23(25)26/h2-14,21-22H,15H2,1H3/t21-,22+/m1/s1. The third-order valence-electron chi connectivity index (χ3n) is 5.22. The van der Waals surface area contributed by atoms with Crippen molar-refractivity contribution < 1.29 is 18.2 Å². The maximum atomic E-state index is 13.4. The van der Waals surface area contributed by atoms with Crippen LogP contribution in [-0.4, -0.2) is 17.8 Å². The maximum absolute atomic E-state index is 13.4. The monoisotopic (exact) mass is 424 g/mol. The van der Waals surface area contributed by atoms with Crippen molar-refractivity contribution in [3.8, 4) is 0 Å². The molecule has 1 aliphatic heterocycles. The van der Waals surface area contributed by atoms with Gasteiger partial charge in [-0.25, -0.2) is 8.42 Å². The average Bonchev–Trinajstić information content (AvgIpc) is 3.21. The maximum Gasteiger partial charge on any atom is 0.269 e. The quantitative estimate of drug-likeness (QED) is 0.437. The van der Waals surface area contributed by atoms with Gasteiger partial charge >= 0.3 is 0 Å². The largest absolute Gasteiger partial charge is 0.275 e. The summed E-state index contributed by atoms with van der Waals surface area (Å²) in [5, 5.41) is 10.9. The van der Waals surface area contributed by atoms with Crippen molar-refractivity contribution in [1.82, 2.24) is 4.47 Å². The molecule has 4 rings (SSSR count). The summed E-state index contributed by atoms with van der Waals surface area (Å²) in [7, 11) is -4.04. The lowest BCUT2D eigenvalue weighted by atomic mass is 9.96. The first-order valence-electron chi connectivity index (χ1n) is 9.44. The summed E-state index contributed by atoms with van der Waals surface area (Å²) in [5.74, 6) is 0. The molecule has 8 heteroatoms. The number of nitro benzene ring substituents is 1. The predicted octanol–water partition coefficient (Wildman–Crippen LogP) is 4.71. The van der Waals surface area contributed by atoms with E-state index in [1.807, 2.05) is 61.5 Å². The van der Waals surface area contributed by atoms with E-state index in [1.165, 1.54) is 24.3 Å². The Morgan fingerprint density at radius 3 is 2.23 bits per heavy atom. The van der Waals surface area contributed by atoms with E-state index in [9.17, 15) is 18.5 Å². The second-order valence-corrected chi connectivity index (χ2v) is 8.91. The van der Waals surface area contributed by atoms with Gasteiger partial charge in [-0.3, -0.25) is 15.0 Å². The molecule has 1 aliphatic rings. The van der Waals surface area contributed by atoms with Gasteiger partial charge in [-0.1, -0.05) is 59.1 Å². The lowest BCUT2D eigenvalue weighted by Gasteiger charge is -2.22. The number of nitrogens with zero attached hydrogens (tertiary/aromatic N) is 2. The van der Waals surface area contributed by atoms with Crippen molar-refractivity contribution >= 4 is 15.7 Å². The zero-order chi connectivity index (χ0) is 21.3. The van der Waals surface area contributed by atoms with E-state index in [1.54, 1.807) is 0 Å². The first-order chi connectivity index (χ1) is 14.4. The molecule has 0 unspecified atom stereocenters. The van der Waals surface area contributed by atoms with Gasteiger partial charge in [0.25, 0.3) is 15.7 Å². The fraction of sp³-hybridized carbons (Fsp3) is 0.182. The van der Waals surface area contributed by atoms with Gasteiger partial charge in [-0.15, -0.1) is 0 Å². The Labute approximate surface area is 174 Å². The lowest BCUT2D eigenvalue weighted by molar-refractivity contribution is -0.384. The fourth-order valence-electron chi connectivity index (χ4n) is 3.66. The Morgan fingerprint density at radius 2 is 1.60 bits per heavy atom. The van der Waals surface area contributed by atoms with Gasteiger partial charge < -0.3 is 0 Å². The minimum atomic E-state index is -4.04. The van der Waals surface area contributed by atoms with Gasteiger partial charge in [-0.2, -0.15) is 0 Å². The third-order valence-corrected chi connectivity index (χ3v) is 6.91. The summed E-state index contributed by atoms with van der Waals surface area (Å²) < 4.78 is 27.8. The van der Waals surface area contributed by atoms with E-state index < -0.39 is 27.1 Å². The van der Waals surface area contributed by atoms with Crippen molar-refractivity contribution in [1.29, 1.82) is 0 Å². The first-order valence-corrected chi connectivity index (χ1v) is 10.9. The van der Waals surface area contributed by atoms with Crippen molar-refractivity contribution in [2.75, 3.05) is 0 Å². The Morgan fingerprint density at radius 1 is 0.967 bits per heavy atom. The van der Waals surface area contributed by atoms with E-state index >= 15 is 0 Å². The van der Waals surface area contributed by atoms with Gasteiger partial charge in [0.1, 0.15) is 6.10 Å². The Balaban J connectivity index is 1.74. The molecule has 1 fully saturated rings. The predicted molar refractivity (Wildman–Crippen MR) is 111 cm³/mol. The van der Waals surface area contributed by atoms with Crippen LogP contribution in [0.2, 0.25) is 0 Å². The zero-order valence-electron chi connectivity index (χ0n) is 16.2. The van der Waals surface area contributed by atoms with Gasteiger partial charge in [-0.05, 0) is 35.7 Å². The molecule has 7 nitrogen and oxygen atoms in total. The second kappa shape index (κ2) is 7.98. The Kier molecular flexibility index (Phi) is 5.38. The highest BCUT2D eigenvalue weighted by atomic mass is 32.2. The molecule has 3 aromatic rings.